The Morgan fingerprint density at radius 2 is 1.97 bits per heavy atom. The van der Waals surface area contributed by atoms with Gasteiger partial charge in [0.05, 0.1) is 18.5 Å². The van der Waals surface area contributed by atoms with Crippen molar-refractivity contribution in [2.75, 3.05) is 13.1 Å². The lowest BCUT2D eigenvalue weighted by atomic mass is 9.85. The first-order valence-electron chi connectivity index (χ1n) is 10.7. The lowest BCUT2D eigenvalue weighted by molar-refractivity contribution is -0.126. The Kier molecular flexibility index (Phi) is 6.69. The molecule has 1 atom stereocenters. The van der Waals surface area contributed by atoms with E-state index in [0.717, 1.165) is 24.2 Å². The van der Waals surface area contributed by atoms with Gasteiger partial charge in [-0.1, -0.05) is 6.92 Å². The van der Waals surface area contributed by atoms with Crippen LogP contribution < -0.4 is 5.32 Å². The van der Waals surface area contributed by atoms with Crippen molar-refractivity contribution in [2.24, 2.45) is 11.8 Å². The Bertz CT molecular complexity index is 1070. The summed E-state index contributed by atoms with van der Waals surface area (Å²) in [6, 6.07) is 9.76. The summed E-state index contributed by atoms with van der Waals surface area (Å²) in [6.45, 7) is 5.39. The van der Waals surface area contributed by atoms with Crippen molar-refractivity contribution < 1.29 is 18.4 Å². The van der Waals surface area contributed by atoms with Crippen LogP contribution in [0.3, 0.4) is 0 Å². The third kappa shape index (κ3) is 4.91. The summed E-state index contributed by atoms with van der Waals surface area (Å²) >= 11 is 1.34. The van der Waals surface area contributed by atoms with E-state index in [-0.39, 0.29) is 29.5 Å². The van der Waals surface area contributed by atoms with Crippen molar-refractivity contribution >= 4 is 23.2 Å². The third-order valence-electron chi connectivity index (χ3n) is 6.05. The molecule has 8 heteroatoms. The maximum absolute atomic E-state index is 13.2. The highest BCUT2D eigenvalue weighted by Crippen LogP contribution is 2.31. The molecule has 0 aliphatic carbocycles. The van der Waals surface area contributed by atoms with E-state index in [0.29, 0.717) is 35.2 Å². The molecule has 1 N–H and O–H groups in total. The van der Waals surface area contributed by atoms with Crippen molar-refractivity contribution in [3.8, 4) is 10.6 Å². The topological polar surface area (TPSA) is 75.4 Å². The second-order valence-electron chi connectivity index (χ2n) is 8.16. The number of benzene rings is 1. The molecule has 1 aliphatic rings. The van der Waals surface area contributed by atoms with Gasteiger partial charge in [0.2, 0.25) is 5.91 Å². The number of aryl methyl sites for hydroxylation is 1. The first-order chi connectivity index (χ1) is 15.4. The molecule has 6 nitrogen and oxygen atoms in total. The minimum Gasteiger partial charge on any atom is -0.467 e. The Morgan fingerprint density at radius 1 is 1.25 bits per heavy atom. The molecule has 1 aromatic carbocycles. The number of rotatable bonds is 6. The molecule has 0 spiro atoms. The Hall–Kier alpha value is -3.00. The molecule has 0 radical (unpaired) electrons. The zero-order valence-electron chi connectivity index (χ0n) is 18.1. The van der Waals surface area contributed by atoms with E-state index in [1.54, 1.807) is 24.5 Å². The average Bonchev–Trinajstić information content (AvgIpc) is 3.47. The summed E-state index contributed by atoms with van der Waals surface area (Å²) in [5.74, 6) is 0.511. The molecule has 168 valence electrons. The zero-order valence-corrected chi connectivity index (χ0v) is 19.0. The highest BCUT2D eigenvalue weighted by Gasteiger charge is 2.31. The zero-order chi connectivity index (χ0) is 22.7. The van der Waals surface area contributed by atoms with Gasteiger partial charge in [-0.25, -0.2) is 9.37 Å². The van der Waals surface area contributed by atoms with E-state index in [4.69, 9.17) is 4.42 Å². The monoisotopic (exact) mass is 455 g/mol. The molecule has 0 unspecified atom stereocenters. The molecule has 1 aliphatic heterocycles. The second-order valence-corrected chi connectivity index (χ2v) is 9.15. The smallest absolute Gasteiger partial charge is 0.265 e. The minimum atomic E-state index is -0.301. The van der Waals surface area contributed by atoms with Gasteiger partial charge in [0, 0.05) is 24.6 Å². The van der Waals surface area contributed by atoms with Crippen LogP contribution in [0.2, 0.25) is 0 Å². The molecule has 1 fully saturated rings. The van der Waals surface area contributed by atoms with Gasteiger partial charge in [0.15, 0.2) is 0 Å². The molecule has 2 aromatic heterocycles. The number of aromatic nitrogens is 1. The van der Waals surface area contributed by atoms with Gasteiger partial charge in [-0.2, -0.15) is 0 Å². The highest BCUT2D eigenvalue weighted by molar-refractivity contribution is 7.17. The molecule has 2 amide bonds. The SMILES string of the molecule is Cc1nc(-c2ccc(F)cc2)sc1C(=O)N1CCC([C@H](C)C(=O)NCc2ccco2)CC1. The van der Waals surface area contributed by atoms with Gasteiger partial charge in [0.1, 0.15) is 21.5 Å². The number of piperidine rings is 1. The molecule has 4 rings (SSSR count). The van der Waals surface area contributed by atoms with E-state index < -0.39 is 0 Å². The number of likely N-dealkylation sites (tertiary alicyclic amines) is 1. The molecule has 3 heterocycles. The van der Waals surface area contributed by atoms with Crippen molar-refractivity contribution in [3.63, 3.8) is 0 Å². The van der Waals surface area contributed by atoms with Crippen molar-refractivity contribution in [1.29, 1.82) is 0 Å². The summed E-state index contributed by atoms with van der Waals surface area (Å²) in [5, 5.41) is 3.64. The molecule has 32 heavy (non-hydrogen) atoms. The largest absolute Gasteiger partial charge is 0.467 e. The van der Waals surface area contributed by atoms with E-state index in [9.17, 15) is 14.0 Å². The van der Waals surface area contributed by atoms with Crippen molar-refractivity contribution in [1.82, 2.24) is 15.2 Å². The van der Waals surface area contributed by atoms with Gasteiger partial charge < -0.3 is 14.6 Å². The Morgan fingerprint density at radius 3 is 2.62 bits per heavy atom. The highest BCUT2D eigenvalue weighted by atomic mass is 32.1. The van der Waals surface area contributed by atoms with Crippen molar-refractivity contribution in [3.05, 3.63) is 64.8 Å². The minimum absolute atomic E-state index is 0.00779. The fourth-order valence-corrected chi connectivity index (χ4v) is 5.06. The van der Waals surface area contributed by atoms with Crippen LogP contribution >= 0.6 is 11.3 Å². The molecule has 3 aromatic rings. The van der Waals surface area contributed by atoms with Gasteiger partial charge in [-0.3, -0.25) is 9.59 Å². The van der Waals surface area contributed by atoms with Crippen LogP contribution in [0, 0.1) is 24.6 Å². The fourth-order valence-electron chi connectivity index (χ4n) is 4.02. The molecule has 1 saturated heterocycles. The first kappa shape index (κ1) is 22.2. The second kappa shape index (κ2) is 9.65. The molecular weight excluding hydrogens is 429 g/mol. The number of furan rings is 1. The Balaban J connectivity index is 1.33. The van der Waals surface area contributed by atoms with Gasteiger partial charge in [-0.15, -0.1) is 11.3 Å². The number of nitrogens with one attached hydrogen (secondary N) is 1. The number of thiazole rings is 1. The third-order valence-corrected chi connectivity index (χ3v) is 7.24. The van der Waals surface area contributed by atoms with Crippen LogP contribution in [0.1, 0.15) is 40.9 Å². The van der Waals surface area contributed by atoms with E-state index in [1.807, 2.05) is 24.8 Å². The van der Waals surface area contributed by atoms with Gasteiger partial charge >= 0.3 is 0 Å². The fraction of sp³-hybridized carbons (Fsp3) is 0.375. The van der Waals surface area contributed by atoms with Crippen LogP contribution in [0.4, 0.5) is 4.39 Å². The normalized spacial score (nSPS) is 15.5. The summed E-state index contributed by atoms with van der Waals surface area (Å²) in [6.07, 6.45) is 3.15. The first-order valence-corrected chi connectivity index (χ1v) is 11.6. The molecular formula is C24H26FN3O3S. The number of carbonyl (C=O) groups excluding carboxylic acids is 2. The number of halogens is 1. The number of amides is 2. The predicted molar refractivity (Wildman–Crippen MR) is 121 cm³/mol. The van der Waals surface area contributed by atoms with Crippen LogP contribution in [0.5, 0.6) is 0 Å². The summed E-state index contributed by atoms with van der Waals surface area (Å²) < 4.78 is 18.5. The predicted octanol–water partition coefficient (Wildman–Crippen LogP) is 4.66. The van der Waals surface area contributed by atoms with E-state index in [2.05, 4.69) is 10.3 Å². The van der Waals surface area contributed by atoms with E-state index in [1.165, 1.54) is 23.5 Å². The van der Waals surface area contributed by atoms with Crippen LogP contribution in [-0.4, -0.2) is 34.8 Å². The number of carbonyl (C=O) groups is 2. The van der Waals surface area contributed by atoms with Gasteiger partial charge in [0.25, 0.3) is 5.91 Å². The van der Waals surface area contributed by atoms with E-state index >= 15 is 0 Å². The van der Waals surface area contributed by atoms with Crippen molar-refractivity contribution in [2.45, 2.75) is 33.2 Å². The molecule has 0 saturated carbocycles. The summed E-state index contributed by atoms with van der Waals surface area (Å²) in [4.78, 5) is 32.6. The number of hydrogen-bond donors (Lipinski definition) is 1. The number of hydrogen-bond acceptors (Lipinski definition) is 5. The average molecular weight is 456 g/mol. The quantitative estimate of drug-likeness (QED) is 0.587. The van der Waals surface area contributed by atoms with Crippen LogP contribution in [0.15, 0.2) is 47.1 Å². The lowest BCUT2D eigenvalue weighted by Gasteiger charge is -2.34. The maximum Gasteiger partial charge on any atom is 0.265 e. The lowest BCUT2D eigenvalue weighted by Crippen LogP contribution is -2.42. The van der Waals surface area contributed by atoms with Gasteiger partial charge in [-0.05, 0) is 62.1 Å². The number of nitrogens with zero attached hydrogens (tertiary/aromatic N) is 2. The van der Waals surface area contributed by atoms with Crippen LogP contribution in [-0.2, 0) is 11.3 Å². The van der Waals surface area contributed by atoms with Crippen LogP contribution in [0.25, 0.3) is 10.6 Å². The molecule has 0 bridgehead atoms. The standard InChI is InChI=1S/C24H26FN3O3S/c1-15(22(29)26-14-20-4-3-13-31-20)17-9-11-28(12-10-17)24(30)21-16(2)27-23(32-21)18-5-7-19(25)8-6-18/h3-8,13,15,17H,9-12,14H2,1-2H3,(H,26,29)/t15-/m0/s1. The maximum atomic E-state index is 13.2. The summed E-state index contributed by atoms with van der Waals surface area (Å²) in [5.41, 5.74) is 1.48. The Labute approximate surface area is 190 Å². The summed E-state index contributed by atoms with van der Waals surface area (Å²) in [7, 11) is 0.